The zero-order chi connectivity index (χ0) is 11.4. The Bertz CT molecular complexity index is 461. The average molecular weight is 216 g/mol. The van der Waals surface area contributed by atoms with Gasteiger partial charge in [0, 0.05) is 12.4 Å². The summed E-state index contributed by atoms with van der Waals surface area (Å²) in [4.78, 5) is 12.0. The molecule has 2 heterocycles. The Morgan fingerprint density at radius 2 is 2.19 bits per heavy atom. The van der Waals surface area contributed by atoms with Crippen LogP contribution < -0.4 is 10.5 Å². The van der Waals surface area contributed by atoms with Crippen LogP contribution in [0.5, 0.6) is 5.75 Å². The highest BCUT2D eigenvalue weighted by Crippen LogP contribution is 2.19. The van der Waals surface area contributed by atoms with Crippen LogP contribution in [0, 0.1) is 0 Å². The molecule has 0 aliphatic heterocycles. The molecule has 0 aliphatic rings. The standard InChI is InChI=1S/C11H12N4O/c1-16-9-4-8(5-14-6-9)11(12)10-2-3-13-7-15-10/h2-7,11H,12H2,1H3. The van der Waals surface area contributed by atoms with Gasteiger partial charge in [-0.2, -0.15) is 0 Å². The molecule has 5 heteroatoms. The molecule has 16 heavy (non-hydrogen) atoms. The van der Waals surface area contributed by atoms with Gasteiger partial charge in [0.25, 0.3) is 0 Å². The molecule has 0 radical (unpaired) electrons. The molecule has 0 saturated carbocycles. The molecule has 1 atom stereocenters. The van der Waals surface area contributed by atoms with Crippen molar-refractivity contribution in [3.8, 4) is 5.75 Å². The number of methoxy groups -OCH3 is 1. The van der Waals surface area contributed by atoms with Gasteiger partial charge in [0.2, 0.25) is 0 Å². The van der Waals surface area contributed by atoms with Gasteiger partial charge < -0.3 is 10.5 Å². The van der Waals surface area contributed by atoms with Gasteiger partial charge >= 0.3 is 0 Å². The van der Waals surface area contributed by atoms with Crippen LogP contribution in [0.15, 0.2) is 37.1 Å². The highest BCUT2D eigenvalue weighted by Gasteiger charge is 2.10. The summed E-state index contributed by atoms with van der Waals surface area (Å²) in [5.41, 5.74) is 7.67. The molecule has 0 fully saturated rings. The first kappa shape index (κ1) is 10.5. The molecular formula is C11H12N4O. The van der Waals surface area contributed by atoms with Gasteiger partial charge in [-0.15, -0.1) is 0 Å². The van der Waals surface area contributed by atoms with Gasteiger partial charge in [-0.25, -0.2) is 9.97 Å². The second-order valence-corrected chi connectivity index (χ2v) is 3.27. The highest BCUT2D eigenvalue weighted by molar-refractivity contribution is 5.30. The van der Waals surface area contributed by atoms with Crippen molar-refractivity contribution in [3.63, 3.8) is 0 Å². The van der Waals surface area contributed by atoms with Crippen LogP contribution in [0.2, 0.25) is 0 Å². The number of rotatable bonds is 3. The molecule has 82 valence electrons. The predicted molar refractivity (Wildman–Crippen MR) is 58.9 cm³/mol. The molecule has 0 saturated heterocycles. The van der Waals surface area contributed by atoms with Crippen LogP contribution in [0.1, 0.15) is 17.3 Å². The summed E-state index contributed by atoms with van der Waals surface area (Å²) in [5, 5.41) is 0. The van der Waals surface area contributed by atoms with Gasteiger partial charge in [0.05, 0.1) is 25.0 Å². The lowest BCUT2D eigenvalue weighted by Crippen LogP contribution is -2.13. The zero-order valence-corrected chi connectivity index (χ0v) is 8.87. The maximum absolute atomic E-state index is 6.05. The number of hydrogen-bond donors (Lipinski definition) is 1. The monoisotopic (exact) mass is 216 g/mol. The van der Waals surface area contributed by atoms with Crippen molar-refractivity contribution >= 4 is 0 Å². The molecule has 0 bridgehead atoms. The summed E-state index contributed by atoms with van der Waals surface area (Å²) in [5.74, 6) is 0.682. The topological polar surface area (TPSA) is 73.9 Å². The van der Waals surface area contributed by atoms with Crippen LogP contribution in [-0.2, 0) is 0 Å². The molecular weight excluding hydrogens is 204 g/mol. The summed E-state index contributed by atoms with van der Waals surface area (Å²) in [6.07, 6.45) is 6.48. The van der Waals surface area contributed by atoms with Crippen molar-refractivity contribution in [2.45, 2.75) is 6.04 Å². The molecule has 0 aromatic carbocycles. The second kappa shape index (κ2) is 4.67. The molecule has 0 amide bonds. The first-order valence-electron chi connectivity index (χ1n) is 4.81. The van der Waals surface area contributed by atoms with Gasteiger partial charge in [0.15, 0.2) is 0 Å². The lowest BCUT2D eigenvalue weighted by molar-refractivity contribution is 0.412. The Hall–Kier alpha value is -2.01. The van der Waals surface area contributed by atoms with Gasteiger partial charge in [0.1, 0.15) is 12.1 Å². The van der Waals surface area contributed by atoms with E-state index in [1.54, 1.807) is 31.8 Å². The maximum atomic E-state index is 6.05. The molecule has 1 unspecified atom stereocenters. The third-order valence-corrected chi connectivity index (χ3v) is 2.25. The fourth-order valence-corrected chi connectivity index (χ4v) is 1.37. The van der Waals surface area contributed by atoms with E-state index in [1.165, 1.54) is 6.33 Å². The van der Waals surface area contributed by atoms with Crippen molar-refractivity contribution < 1.29 is 4.74 Å². The first-order valence-corrected chi connectivity index (χ1v) is 4.81. The third kappa shape index (κ3) is 2.14. The summed E-state index contributed by atoms with van der Waals surface area (Å²) >= 11 is 0. The molecule has 0 aliphatic carbocycles. The summed E-state index contributed by atoms with van der Waals surface area (Å²) < 4.78 is 5.09. The Labute approximate surface area is 93.3 Å². The van der Waals surface area contributed by atoms with Gasteiger partial charge in [-0.1, -0.05) is 0 Å². The van der Waals surface area contributed by atoms with E-state index in [0.29, 0.717) is 5.75 Å². The van der Waals surface area contributed by atoms with Crippen LogP contribution in [0.3, 0.4) is 0 Å². The summed E-state index contributed by atoms with van der Waals surface area (Å²) in [6, 6.07) is 3.31. The fraction of sp³-hybridized carbons (Fsp3) is 0.182. The van der Waals surface area contributed by atoms with Crippen molar-refractivity contribution in [1.29, 1.82) is 0 Å². The van der Waals surface area contributed by atoms with E-state index in [0.717, 1.165) is 11.3 Å². The summed E-state index contributed by atoms with van der Waals surface area (Å²) in [7, 11) is 1.59. The SMILES string of the molecule is COc1cncc(C(N)c2ccncn2)c1. The largest absolute Gasteiger partial charge is 0.495 e. The van der Waals surface area contributed by atoms with E-state index in [1.807, 2.05) is 6.07 Å². The van der Waals surface area contributed by atoms with Crippen molar-refractivity contribution in [2.75, 3.05) is 7.11 Å². The predicted octanol–water partition coefficient (Wildman–Crippen LogP) is 0.928. The number of pyridine rings is 1. The Morgan fingerprint density at radius 3 is 2.88 bits per heavy atom. The molecule has 2 aromatic heterocycles. The molecule has 5 nitrogen and oxygen atoms in total. The number of nitrogens with zero attached hydrogens (tertiary/aromatic N) is 3. The van der Waals surface area contributed by atoms with E-state index < -0.39 is 0 Å². The van der Waals surface area contributed by atoms with Gasteiger partial charge in [-0.3, -0.25) is 4.98 Å². The lowest BCUT2D eigenvalue weighted by Gasteiger charge is -2.11. The van der Waals surface area contributed by atoms with E-state index in [4.69, 9.17) is 10.5 Å². The van der Waals surface area contributed by atoms with E-state index in [9.17, 15) is 0 Å². The minimum Gasteiger partial charge on any atom is -0.495 e. The number of hydrogen-bond acceptors (Lipinski definition) is 5. The Balaban J connectivity index is 2.30. The minimum atomic E-state index is -0.314. The second-order valence-electron chi connectivity index (χ2n) is 3.27. The Morgan fingerprint density at radius 1 is 1.31 bits per heavy atom. The molecule has 2 N–H and O–H groups in total. The van der Waals surface area contributed by atoms with Crippen molar-refractivity contribution in [3.05, 3.63) is 48.3 Å². The third-order valence-electron chi connectivity index (χ3n) is 2.25. The average Bonchev–Trinajstić information content (AvgIpc) is 2.39. The zero-order valence-electron chi connectivity index (χ0n) is 8.87. The maximum Gasteiger partial charge on any atom is 0.137 e. The quantitative estimate of drug-likeness (QED) is 0.826. The van der Waals surface area contributed by atoms with E-state index >= 15 is 0 Å². The highest BCUT2D eigenvalue weighted by atomic mass is 16.5. The fourth-order valence-electron chi connectivity index (χ4n) is 1.37. The van der Waals surface area contributed by atoms with Gasteiger partial charge in [-0.05, 0) is 17.7 Å². The molecule has 0 spiro atoms. The molecule has 2 aromatic rings. The Kier molecular flexibility index (Phi) is 3.07. The summed E-state index contributed by atoms with van der Waals surface area (Å²) in [6.45, 7) is 0. The van der Waals surface area contributed by atoms with E-state index in [2.05, 4.69) is 15.0 Å². The molecule has 2 rings (SSSR count). The normalized spacial score (nSPS) is 12.1. The number of aromatic nitrogens is 3. The van der Waals surface area contributed by atoms with Crippen LogP contribution in [0.4, 0.5) is 0 Å². The minimum absolute atomic E-state index is 0.314. The van der Waals surface area contributed by atoms with Crippen molar-refractivity contribution in [1.82, 2.24) is 15.0 Å². The van der Waals surface area contributed by atoms with Crippen molar-refractivity contribution in [2.24, 2.45) is 5.73 Å². The lowest BCUT2D eigenvalue weighted by atomic mass is 10.1. The number of nitrogens with two attached hydrogens (primary N) is 1. The smallest absolute Gasteiger partial charge is 0.137 e. The van der Waals surface area contributed by atoms with Crippen LogP contribution >= 0.6 is 0 Å². The first-order chi connectivity index (χ1) is 7.81. The van der Waals surface area contributed by atoms with Crippen LogP contribution in [-0.4, -0.2) is 22.1 Å². The number of ether oxygens (including phenoxy) is 1. The van der Waals surface area contributed by atoms with Crippen LogP contribution in [0.25, 0.3) is 0 Å². The van der Waals surface area contributed by atoms with E-state index in [-0.39, 0.29) is 6.04 Å².